The molecule has 0 aromatic heterocycles. The Morgan fingerprint density at radius 1 is 1.33 bits per heavy atom. The average molecular weight is 278 g/mol. The topological polar surface area (TPSA) is 79.1 Å². The summed E-state index contributed by atoms with van der Waals surface area (Å²) in [5, 5.41) is 8.95. The monoisotopic (exact) mass is 278 g/mol. The van der Waals surface area contributed by atoms with Gasteiger partial charge in [0.15, 0.2) is 0 Å². The summed E-state index contributed by atoms with van der Waals surface area (Å²) in [6, 6.07) is 0.100. The van der Waals surface area contributed by atoms with Gasteiger partial charge in [0.1, 0.15) is 0 Å². The maximum absolute atomic E-state index is 12.5. The molecule has 2 heterocycles. The van der Waals surface area contributed by atoms with Gasteiger partial charge in [-0.3, -0.25) is 9.05 Å². The van der Waals surface area contributed by atoms with E-state index in [-0.39, 0.29) is 12.1 Å². The minimum Gasteiger partial charge on any atom is -0.465 e. The van der Waals surface area contributed by atoms with Gasteiger partial charge in [0.25, 0.3) is 0 Å². The summed E-state index contributed by atoms with van der Waals surface area (Å²) in [7, 11) is -3.23. The summed E-state index contributed by atoms with van der Waals surface area (Å²) in [4.78, 5) is 12.3. The van der Waals surface area contributed by atoms with Gasteiger partial charge in [-0.2, -0.15) is 4.67 Å². The van der Waals surface area contributed by atoms with Crippen LogP contribution in [0.5, 0.6) is 0 Å². The average Bonchev–Trinajstić information content (AvgIpc) is 3.03. The summed E-state index contributed by atoms with van der Waals surface area (Å²) in [5.74, 6) is 0. The molecule has 0 bridgehead atoms. The molecule has 0 aliphatic carbocycles. The number of hydrogen-bond donors (Lipinski definition) is 1. The summed E-state index contributed by atoms with van der Waals surface area (Å²) in [5.41, 5.74) is 0. The number of likely N-dealkylation sites (tertiary alicyclic amines) is 1. The first-order chi connectivity index (χ1) is 8.53. The zero-order valence-electron chi connectivity index (χ0n) is 10.6. The predicted molar refractivity (Wildman–Crippen MR) is 64.5 cm³/mol. The van der Waals surface area contributed by atoms with Crippen molar-refractivity contribution in [3.63, 3.8) is 0 Å². The van der Waals surface area contributed by atoms with Crippen molar-refractivity contribution in [2.24, 2.45) is 0 Å². The van der Waals surface area contributed by atoms with Crippen molar-refractivity contribution in [1.29, 1.82) is 0 Å². The van der Waals surface area contributed by atoms with Crippen LogP contribution in [0.15, 0.2) is 0 Å². The Morgan fingerprint density at radius 2 is 1.94 bits per heavy atom. The standard InChI is InChI=1S/C10H19N2O5P/c1-3-16-18(15,17-4-2)12-8-5-6-11(10(13)14)7-9(8)12/h8-9H,3-7H2,1-2H3,(H,13,14). The Balaban J connectivity index is 2.03. The van der Waals surface area contributed by atoms with Crippen LogP contribution in [0.4, 0.5) is 4.79 Å². The van der Waals surface area contributed by atoms with Crippen LogP contribution in [0, 0.1) is 0 Å². The quantitative estimate of drug-likeness (QED) is 0.608. The van der Waals surface area contributed by atoms with Crippen LogP contribution >= 0.6 is 7.75 Å². The van der Waals surface area contributed by atoms with Gasteiger partial charge in [-0.05, 0) is 20.3 Å². The third kappa shape index (κ3) is 2.40. The highest BCUT2D eigenvalue weighted by molar-refractivity contribution is 7.51. The van der Waals surface area contributed by atoms with E-state index in [9.17, 15) is 9.36 Å². The highest BCUT2D eigenvalue weighted by atomic mass is 31.2. The SMILES string of the molecule is CCOP(=O)(OCC)N1C2CCN(C(=O)O)CC21. The van der Waals surface area contributed by atoms with Crippen LogP contribution in [0.1, 0.15) is 20.3 Å². The lowest BCUT2D eigenvalue weighted by Crippen LogP contribution is -2.38. The molecule has 1 N–H and O–H groups in total. The van der Waals surface area contributed by atoms with Crippen LogP contribution in [-0.2, 0) is 13.6 Å². The molecule has 0 aromatic carbocycles. The van der Waals surface area contributed by atoms with Crippen LogP contribution in [0.2, 0.25) is 0 Å². The van der Waals surface area contributed by atoms with Crippen LogP contribution in [-0.4, -0.2) is 59.2 Å². The molecule has 2 saturated heterocycles. The molecule has 2 rings (SSSR count). The van der Waals surface area contributed by atoms with E-state index in [0.29, 0.717) is 32.7 Å². The summed E-state index contributed by atoms with van der Waals surface area (Å²) < 4.78 is 24.8. The van der Waals surface area contributed by atoms with E-state index in [1.54, 1.807) is 18.5 Å². The summed E-state index contributed by atoms with van der Waals surface area (Å²) >= 11 is 0. The number of carboxylic acid groups (broad SMARTS) is 1. The van der Waals surface area contributed by atoms with Crippen molar-refractivity contribution in [3.8, 4) is 0 Å². The summed E-state index contributed by atoms with van der Waals surface area (Å²) in [6.45, 7) is 5.02. The number of nitrogens with zero attached hydrogens (tertiary/aromatic N) is 2. The predicted octanol–water partition coefficient (Wildman–Crippen LogP) is 1.60. The second-order valence-corrected chi connectivity index (χ2v) is 6.25. The van der Waals surface area contributed by atoms with Gasteiger partial charge >= 0.3 is 13.8 Å². The molecule has 8 heteroatoms. The number of fused-ring (bicyclic) bond motifs is 1. The molecule has 3 unspecified atom stereocenters. The normalized spacial score (nSPS) is 31.0. The van der Waals surface area contributed by atoms with Crippen molar-refractivity contribution in [2.75, 3.05) is 26.3 Å². The van der Waals surface area contributed by atoms with E-state index in [4.69, 9.17) is 14.2 Å². The molecule has 2 aliphatic rings. The fraction of sp³-hybridized carbons (Fsp3) is 0.900. The van der Waals surface area contributed by atoms with Crippen molar-refractivity contribution in [1.82, 2.24) is 9.57 Å². The number of amides is 1. The Morgan fingerprint density at radius 3 is 2.44 bits per heavy atom. The number of carbonyl (C=O) groups is 1. The van der Waals surface area contributed by atoms with Crippen molar-refractivity contribution in [2.45, 2.75) is 32.4 Å². The van der Waals surface area contributed by atoms with Gasteiger partial charge in [-0.25, -0.2) is 9.36 Å². The molecule has 1 amide bonds. The van der Waals surface area contributed by atoms with Crippen molar-refractivity contribution < 1.29 is 23.5 Å². The first kappa shape index (κ1) is 13.8. The molecular formula is C10H19N2O5P. The highest BCUT2D eigenvalue weighted by Gasteiger charge is 2.61. The summed E-state index contributed by atoms with van der Waals surface area (Å²) in [6.07, 6.45) is -0.246. The zero-order chi connectivity index (χ0) is 13.3. The molecule has 2 aliphatic heterocycles. The third-order valence-electron chi connectivity index (χ3n) is 3.27. The lowest BCUT2D eigenvalue weighted by molar-refractivity contribution is 0.140. The molecule has 0 saturated carbocycles. The van der Waals surface area contributed by atoms with E-state index in [2.05, 4.69) is 0 Å². The minimum atomic E-state index is -3.23. The largest absolute Gasteiger partial charge is 0.465 e. The van der Waals surface area contributed by atoms with Crippen molar-refractivity contribution >= 4 is 13.8 Å². The third-order valence-corrected chi connectivity index (χ3v) is 5.60. The zero-order valence-corrected chi connectivity index (χ0v) is 11.5. The van der Waals surface area contributed by atoms with E-state index in [1.165, 1.54) is 4.90 Å². The second kappa shape index (κ2) is 5.17. The molecule has 18 heavy (non-hydrogen) atoms. The highest BCUT2D eigenvalue weighted by Crippen LogP contribution is 2.63. The molecule has 0 spiro atoms. The van der Waals surface area contributed by atoms with Crippen LogP contribution in [0.3, 0.4) is 0 Å². The maximum Gasteiger partial charge on any atom is 0.408 e. The van der Waals surface area contributed by atoms with Crippen LogP contribution in [0.25, 0.3) is 0 Å². The van der Waals surface area contributed by atoms with Crippen LogP contribution < -0.4 is 0 Å². The minimum absolute atomic E-state index is 0.0289. The first-order valence-electron chi connectivity index (χ1n) is 6.19. The van der Waals surface area contributed by atoms with Gasteiger partial charge in [-0.1, -0.05) is 0 Å². The van der Waals surface area contributed by atoms with E-state index in [1.807, 2.05) is 0 Å². The van der Waals surface area contributed by atoms with Crippen molar-refractivity contribution in [3.05, 3.63) is 0 Å². The number of hydrogen-bond acceptors (Lipinski definition) is 4. The maximum atomic E-state index is 12.5. The Kier molecular flexibility index (Phi) is 3.96. The number of piperidine rings is 1. The Labute approximate surface area is 106 Å². The number of rotatable bonds is 5. The van der Waals surface area contributed by atoms with Gasteiger partial charge in [0, 0.05) is 19.1 Å². The van der Waals surface area contributed by atoms with E-state index >= 15 is 0 Å². The molecule has 2 fully saturated rings. The van der Waals surface area contributed by atoms with Gasteiger partial charge in [0.05, 0.1) is 19.3 Å². The van der Waals surface area contributed by atoms with E-state index < -0.39 is 13.8 Å². The molecule has 3 atom stereocenters. The lowest BCUT2D eigenvalue weighted by atomic mass is 10.1. The Hall–Kier alpha value is -0.620. The van der Waals surface area contributed by atoms with Gasteiger partial charge in [-0.15, -0.1) is 0 Å². The van der Waals surface area contributed by atoms with Gasteiger partial charge in [0.2, 0.25) is 0 Å². The molecule has 104 valence electrons. The fourth-order valence-corrected chi connectivity index (χ4v) is 4.65. The molecule has 0 aromatic rings. The lowest BCUT2D eigenvalue weighted by Gasteiger charge is -2.21. The molecule has 7 nitrogen and oxygen atoms in total. The second-order valence-electron chi connectivity index (χ2n) is 4.34. The first-order valence-corrected chi connectivity index (χ1v) is 7.68. The van der Waals surface area contributed by atoms with Gasteiger partial charge < -0.3 is 10.0 Å². The Bertz CT molecular complexity index is 367. The van der Waals surface area contributed by atoms with E-state index in [0.717, 1.165) is 0 Å². The molecule has 0 radical (unpaired) electrons. The smallest absolute Gasteiger partial charge is 0.408 e. The fourth-order valence-electron chi connectivity index (χ4n) is 2.49. The molecular weight excluding hydrogens is 259 g/mol.